The molecule has 7 heavy (non-hydrogen) atoms. The Morgan fingerprint density at radius 3 is 1.86 bits per heavy atom. The summed E-state index contributed by atoms with van der Waals surface area (Å²) in [5.41, 5.74) is 9.46. The van der Waals surface area contributed by atoms with E-state index in [2.05, 4.69) is 12.7 Å². The molecule has 0 saturated heterocycles. The maximum absolute atomic E-state index is 9.73. The zero-order valence-corrected chi connectivity index (χ0v) is 6.76. The number of nitrogens with two attached hydrogens (primary N) is 2. The van der Waals surface area contributed by atoms with Gasteiger partial charge in [0.05, 0.1) is 0 Å². The molecule has 4 N–H and O–H groups in total. The third-order valence-electron chi connectivity index (χ3n) is 0.365. The first-order valence-corrected chi connectivity index (χ1v) is 1.52. The fourth-order valence-corrected chi connectivity index (χ4v) is 0. The second kappa shape index (κ2) is 4.69. The van der Waals surface area contributed by atoms with E-state index in [1.165, 1.54) is 0 Å². The van der Waals surface area contributed by atoms with E-state index in [9.17, 15) is 4.79 Å². The summed E-state index contributed by atoms with van der Waals surface area (Å²) in [4.78, 5) is 9.73. The standard InChI is InChI=1S/C3H7N2O.Y/c1-2(4)3(5)6;/h2H,1,4H2,(H2,5,6);/q-1;. The SMILES string of the molecule is [CH2-]C(N)C(N)=O.[Y]. The maximum Gasteiger partial charge on any atom is 0.203 e. The van der Waals surface area contributed by atoms with Gasteiger partial charge in [-0.1, -0.05) is 0 Å². The maximum atomic E-state index is 9.73. The average Bonchev–Trinajstić information content (AvgIpc) is 1.36. The molecule has 0 fully saturated rings. The summed E-state index contributed by atoms with van der Waals surface area (Å²) in [6, 6.07) is -0.759. The minimum absolute atomic E-state index is 0. The van der Waals surface area contributed by atoms with Gasteiger partial charge in [-0.05, 0) is 6.04 Å². The summed E-state index contributed by atoms with van der Waals surface area (Å²) in [5, 5.41) is 0. The molecule has 0 heterocycles. The van der Waals surface area contributed by atoms with Crippen LogP contribution in [-0.2, 0) is 37.5 Å². The van der Waals surface area contributed by atoms with Crippen LogP contribution in [0.3, 0.4) is 0 Å². The van der Waals surface area contributed by atoms with Crippen molar-refractivity contribution >= 4 is 5.91 Å². The van der Waals surface area contributed by atoms with Crippen molar-refractivity contribution in [3.8, 4) is 0 Å². The summed E-state index contributed by atoms with van der Waals surface area (Å²) >= 11 is 0. The quantitative estimate of drug-likeness (QED) is 0.484. The number of carbonyl (C=O) groups excluding carboxylic acids is 1. The molecule has 0 bridgehead atoms. The fourth-order valence-electron chi connectivity index (χ4n) is 0. The molecule has 1 atom stereocenters. The van der Waals surface area contributed by atoms with Crippen LogP contribution in [0.4, 0.5) is 0 Å². The van der Waals surface area contributed by atoms with Crippen LogP contribution in [0, 0.1) is 6.92 Å². The van der Waals surface area contributed by atoms with Crippen molar-refractivity contribution in [3.05, 3.63) is 6.92 Å². The second-order valence-electron chi connectivity index (χ2n) is 1.01. The van der Waals surface area contributed by atoms with E-state index in [-0.39, 0.29) is 32.7 Å². The van der Waals surface area contributed by atoms with Crippen LogP contribution < -0.4 is 11.5 Å². The van der Waals surface area contributed by atoms with Gasteiger partial charge in [-0.15, -0.1) is 0 Å². The zero-order chi connectivity index (χ0) is 5.15. The van der Waals surface area contributed by atoms with Crippen molar-refractivity contribution in [1.82, 2.24) is 0 Å². The molecule has 1 amide bonds. The zero-order valence-electron chi connectivity index (χ0n) is 3.92. The van der Waals surface area contributed by atoms with Gasteiger partial charge in [0.25, 0.3) is 0 Å². The Morgan fingerprint density at radius 2 is 1.86 bits per heavy atom. The number of amides is 1. The monoisotopic (exact) mass is 176 g/mol. The predicted octanol–water partition coefficient (Wildman–Crippen LogP) is -1.37. The van der Waals surface area contributed by atoms with E-state index in [1.54, 1.807) is 0 Å². The van der Waals surface area contributed by atoms with E-state index in [0.29, 0.717) is 0 Å². The second-order valence-corrected chi connectivity index (χ2v) is 1.01. The first-order valence-electron chi connectivity index (χ1n) is 1.52. The van der Waals surface area contributed by atoms with Crippen LogP contribution in [0.15, 0.2) is 0 Å². The number of hydrogen-bond donors (Lipinski definition) is 2. The Bertz CT molecular complexity index is 64.0. The van der Waals surface area contributed by atoms with Gasteiger partial charge in [0, 0.05) is 32.7 Å². The van der Waals surface area contributed by atoms with Gasteiger partial charge in [-0.2, -0.15) is 0 Å². The minimum atomic E-state index is -0.759. The summed E-state index contributed by atoms with van der Waals surface area (Å²) in [5.74, 6) is -0.574. The topological polar surface area (TPSA) is 69.1 Å². The van der Waals surface area contributed by atoms with Crippen molar-refractivity contribution in [3.63, 3.8) is 0 Å². The molecular formula is C3H7N2OY-. The van der Waals surface area contributed by atoms with Crippen molar-refractivity contribution in [2.24, 2.45) is 11.5 Å². The summed E-state index contributed by atoms with van der Waals surface area (Å²) in [7, 11) is 0. The third kappa shape index (κ3) is 6.53. The van der Waals surface area contributed by atoms with Crippen LogP contribution in [0.2, 0.25) is 0 Å². The molecule has 39 valence electrons. The van der Waals surface area contributed by atoms with Gasteiger partial charge in [-0.3, -0.25) is 4.79 Å². The number of primary amides is 1. The predicted molar refractivity (Wildman–Crippen MR) is 22.5 cm³/mol. The molecule has 0 aromatic carbocycles. The van der Waals surface area contributed by atoms with Crippen LogP contribution in [0.5, 0.6) is 0 Å². The Balaban J connectivity index is 0. The smallest absolute Gasteiger partial charge is 0.203 e. The number of carbonyl (C=O) groups is 1. The normalized spacial score (nSPS) is 11.7. The van der Waals surface area contributed by atoms with E-state index in [4.69, 9.17) is 5.73 Å². The van der Waals surface area contributed by atoms with Crippen molar-refractivity contribution in [2.75, 3.05) is 0 Å². The van der Waals surface area contributed by atoms with E-state index < -0.39 is 11.9 Å². The Morgan fingerprint density at radius 1 is 1.71 bits per heavy atom. The fraction of sp³-hybridized carbons (Fsp3) is 0.333. The van der Waals surface area contributed by atoms with Gasteiger partial charge >= 0.3 is 0 Å². The van der Waals surface area contributed by atoms with Gasteiger partial charge in [0.2, 0.25) is 5.91 Å². The summed E-state index contributed by atoms with van der Waals surface area (Å²) < 4.78 is 0. The van der Waals surface area contributed by atoms with Gasteiger partial charge < -0.3 is 18.4 Å². The Kier molecular flexibility index (Phi) is 7.03. The number of rotatable bonds is 1. The largest absolute Gasteiger partial charge is 0.371 e. The molecule has 0 aliphatic rings. The van der Waals surface area contributed by atoms with Crippen LogP contribution >= 0.6 is 0 Å². The first-order chi connectivity index (χ1) is 2.64. The molecule has 0 rings (SSSR count). The van der Waals surface area contributed by atoms with E-state index >= 15 is 0 Å². The third-order valence-corrected chi connectivity index (χ3v) is 0.365. The molecule has 3 nitrogen and oxygen atoms in total. The van der Waals surface area contributed by atoms with Gasteiger partial charge in [0.15, 0.2) is 0 Å². The molecule has 1 unspecified atom stereocenters. The molecule has 0 aliphatic heterocycles. The van der Waals surface area contributed by atoms with Crippen LogP contribution in [0.25, 0.3) is 0 Å². The first kappa shape index (κ1) is 10.5. The van der Waals surface area contributed by atoms with E-state index in [1.807, 2.05) is 0 Å². The Labute approximate surface area is 67.7 Å². The number of hydrogen-bond acceptors (Lipinski definition) is 2. The van der Waals surface area contributed by atoms with E-state index in [0.717, 1.165) is 0 Å². The molecule has 0 aromatic heterocycles. The molecular weight excluding hydrogens is 169 g/mol. The molecule has 0 saturated carbocycles. The molecule has 4 heteroatoms. The van der Waals surface area contributed by atoms with Gasteiger partial charge in [-0.25, -0.2) is 0 Å². The van der Waals surface area contributed by atoms with Crippen LogP contribution in [0.1, 0.15) is 0 Å². The van der Waals surface area contributed by atoms with Crippen molar-refractivity contribution in [1.29, 1.82) is 0 Å². The van der Waals surface area contributed by atoms with Crippen molar-refractivity contribution in [2.45, 2.75) is 6.04 Å². The summed E-state index contributed by atoms with van der Waals surface area (Å²) in [6.07, 6.45) is 0. The average molecular weight is 176 g/mol. The minimum Gasteiger partial charge on any atom is -0.371 e. The molecule has 1 radical (unpaired) electrons. The van der Waals surface area contributed by atoms with Crippen molar-refractivity contribution < 1.29 is 37.5 Å². The molecule has 0 aliphatic carbocycles. The summed E-state index contributed by atoms with van der Waals surface area (Å²) in [6.45, 7) is 3.14. The molecule has 0 spiro atoms. The van der Waals surface area contributed by atoms with Gasteiger partial charge in [0.1, 0.15) is 0 Å². The van der Waals surface area contributed by atoms with Crippen LogP contribution in [-0.4, -0.2) is 11.9 Å². The molecule has 0 aromatic rings. The Hall–Kier alpha value is 0.534.